The Hall–Kier alpha value is -1.55. The zero-order valence-electron chi connectivity index (χ0n) is 12.8. The topological polar surface area (TPSA) is 49.6 Å². The number of hydrogen-bond acceptors (Lipinski definition) is 3. The monoisotopic (exact) mass is 287 g/mol. The maximum atomic E-state index is 13.0. The van der Waals surface area contributed by atoms with Crippen LogP contribution in [0.1, 0.15) is 25.7 Å². The van der Waals surface area contributed by atoms with Gasteiger partial charge < -0.3 is 15.5 Å². The van der Waals surface area contributed by atoms with Crippen LogP contribution in [0, 0.1) is 11.8 Å². The van der Waals surface area contributed by atoms with Crippen molar-refractivity contribution in [3.8, 4) is 0 Å². The number of anilines is 2. The van der Waals surface area contributed by atoms with Crippen LogP contribution in [0.3, 0.4) is 0 Å². The number of benzene rings is 1. The van der Waals surface area contributed by atoms with Crippen molar-refractivity contribution in [2.24, 2.45) is 17.6 Å². The van der Waals surface area contributed by atoms with Crippen molar-refractivity contribution in [1.29, 1.82) is 0 Å². The van der Waals surface area contributed by atoms with Crippen LogP contribution >= 0.6 is 0 Å². The van der Waals surface area contributed by atoms with Gasteiger partial charge in [-0.25, -0.2) is 0 Å². The van der Waals surface area contributed by atoms with Gasteiger partial charge in [0.1, 0.15) is 0 Å². The molecule has 0 spiro atoms. The predicted octanol–water partition coefficient (Wildman–Crippen LogP) is 2.23. The molecule has 21 heavy (non-hydrogen) atoms. The lowest BCUT2D eigenvalue weighted by atomic mass is 9.78. The van der Waals surface area contributed by atoms with Crippen LogP contribution < -0.4 is 15.5 Å². The summed E-state index contributed by atoms with van der Waals surface area (Å²) in [5, 5.41) is 0. The summed E-state index contributed by atoms with van der Waals surface area (Å²) in [6, 6.07) is 8.20. The predicted molar refractivity (Wildman–Crippen MR) is 86.6 cm³/mol. The zero-order valence-corrected chi connectivity index (χ0v) is 12.8. The lowest BCUT2D eigenvalue weighted by Gasteiger charge is -2.39. The average molecular weight is 287 g/mol. The van der Waals surface area contributed by atoms with Crippen molar-refractivity contribution in [3.63, 3.8) is 0 Å². The van der Waals surface area contributed by atoms with E-state index in [4.69, 9.17) is 5.73 Å². The molecule has 4 nitrogen and oxygen atoms in total. The molecule has 1 aromatic carbocycles. The molecule has 2 unspecified atom stereocenters. The van der Waals surface area contributed by atoms with Gasteiger partial charge in [0.25, 0.3) is 0 Å². The molecule has 1 aliphatic carbocycles. The van der Waals surface area contributed by atoms with Gasteiger partial charge in [0.05, 0.1) is 11.4 Å². The Kier molecular flexibility index (Phi) is 4.15. The molecule has 1 saturated carbocycles. The van der Waals surface area contributed by atoms with Gasteiger partial charge in [-0.2, -0.15) is 0 Å². The third kappa shape index (κ3) is 2.64. The lowest BCUT2D eigenvalue weighted by Crippen LogP contribution is -2.48. The van der Waals surface area contributed by atoms with E-state index < -0.39 is 0 Å². The molecule has 0 radical (unpaired) electrons. The fourth-order valence-corrected chi connectivity index (χ4v) is 3.75. The largest absolute Gasteiger partial charge is 0.371 e. The molecule has 3 rings (SSSR count). The minimum atomic E-state index is 0.111. The molecule has 0 saturated heterocycles. The fraction of sp³-hybridized carbons (Fsp3) is 0.588. The number of nitrogens with two attached hydrogens (primary N) is 1. The Morgan fingerprint density at radius 1 is 1.19 bits per heavy atom. The van der Waals surface area contributed by atoms with E-state index >= 15 is 0 Å². The first-order valence-corrected chi connectivity index (χ1v) is 8.04. The first kappa shape index (κ1) is 14.4. The van der Waals surface area contributed by atoms with E-state index in [2.05, 4.69) is 24.1 Å². The van der Waals surface area contributed by atoms with Gasteiger partial charge in [-0.05, 0) is 37.4 Å². The van der Waals surface area contributed by atoms with E-state index in [1.54, 1.807) is 0 Å². The third-order valence-electron chi connectivity index (χ3n) is 5.04. The molecule has 0 aromatic heterocycles. The molecule has 2 N–H and O–H groups in total. The second-order valence-electron chi connectivity index (χ2n) is 6.29. The van der Waals surface area contributed by atoms with Gasteiger partial charge in [0.2, 0.25) is 5.91 Å². The van der Waals surface area contributed by atoms with Crippen molar-refractivity contribution in [3.05, 3.63) is 24.3 Å². The molecular weight excluding hydrogens is 262 g/mol. The van der Waals surface area contributed by atoms with E-state index in [-0.39, 0.29) is 11.8 Å². The van der Waals surface area contributed by atoms with Gasteiger partial charge in [0, 0.05) is 26.1 Å². The lowest BCUT2D eigenvalue weighted by molar-refractivity contribution is -0.125. The summed E-state index contributed by atoms with van der Waals surface area (Å²) < 4.78 is 0. The van der Waals surface area contributed by atoms with Crippen molar-refractivity contribution < 1.29 is 4.79 Å². The Balaban J connectivity index is 1.86. The van der Waals surface area contributed by atoms with Crippen LogP contribution in [0.15, 0.2) is 24.3 Å². The highest BCUT2D eigenvalue weighted by Gasteiger charge is 2.35. The van der Waals surface area contributed by atoms with Gasteiger partial charge in [-0.15, -0.1) is 0 Å². The minimum absolute atomic E-state index is 0.111. The van der Waals surface area contributed by atoms with Crippen LogP contribution in [0.2, 0.25) is 0 Å². The summed E-state index contributed by atoms with van der Waals surface area (Å²) in [6.45, 7) is 2.30. The summed E-state index contributed by atoms with van der Waals surface area (Å²) in [5.74, 6) is 0.754. The van der Waals surface area contributed by atoms with E-state index in [1.165, 1.54) is 6.42 Å². The Morgan fingerprint density at radius 2 is 1.90 bits per heavy atom. The molecule has 2 atom stereocenters. The normalized spacial score (nSPS) is 25.6. The molecule has 1 aromatic rings. The van der Waals surface area contributed by atoms with Crippen LogP contribution in [0.5, 0.6) is 0 Å². The number of nitrogens with zero attached hydrogens (tertiary/aromatic N) is 2. The van der Waals surface area contributed by atoms with Crippen LogP contribution in [0.25, 0.3) is 0 Å². The van der Waals surface area contributed by atoms with Gasteiger partial charge in [0.15, 0.2) is 0 Å². The highest BCUT2D eigenvalue weighted by atomic mass is 16.2. The molecule has 1 fully saturated rings. The van der Waals surface area contributed by atoms with Crippen molar-refractivity contribution in [2.75, 3.05) is 36.5 Å². The maximum absolute atomic E-state index is 13.0. The first-order valence-electron chi connectivity index (χ1n) is 8.04. The molecule has 0 bridgehead atoms. The van der Waals surface area contributed by atoms with E-state index in [9.17, 15) is 4.79 Å². The van der Waals surface area contributed by atoms with E-state index in [1.807, 2.05) is 17.0 Å². The Morgan fingerprint density at radius 3 is 2.67 bits per heavy atom. The van der Waals surface area contributed by atoms with Crippen LogP contribution in [0.4, 0.5) is 11.4 Å². The second-order valence-corrected chi connectivity index (χ2v) is 6.29. The number of carbonyl (C=O) groups excluding carboxylic acids is 1. The summed E-state index contributed by atoms with van der Waals surface area (Å²) >= 11 is 0. The number of fused-ring (bicyclic) bond motifs is 1. The molecule has 1 aliphatic heterocycles. The second kappa shape index (κ2) is 6.06. The number of para-hydroxylation sites is 2. The standard InChI is InChI=1S/C17H25N3O/c1-19-10-11-20(16-9-5-4-8-15(16)19)17(21)14-7-3-2-6-13(14)12-18/h4-5,8-9,13-14H,2-3,6-7,10-12,18H2,1H3. The average Bonchev–Trinajstić information content (AvgIpc) is 2.55. The number of carbonyl (C=O) groups is 1. The van der Waals surface area contributed by atoms with Crippen LogP contribution in [-0.4, -0.2) is 32.6 Å². The Bertz CT molecular complexity index is 517. The van der Waals surface area contributed by atoms with E-state index in [0.717, 1.165) is 43.7 Å². The number of amides is 1. The van der Waals surface area contributed by atoms with Crippen molar-refractivity contribution >= 4 is 17.3 Å². The van der Waals surface area contributed by atoms with Crippen molar-refractivity contribution in [2.45, 2.75) is 25.7 Å². The highest BCUT2D eigenvalue weighted by Crippen LogP contribution is 2.36. The molecule has 114 valence electrons. The smallest absolute Gasteiger partial charge is 0.230 e. The van der Waals surface area contributed by atoms with Gasteiger partial charge in [-0.1, -0.05) is 25.0 Å². The van der Waals surface area contributed by atoms with Gasteiger partial charge in [-0.3, -0.25) is 4.79 Å². The molecule has 4 heteroatoms. The minimum Gasteiger partial charge on any atom is -0.371 e. The Labute approximate surface area is 126 Å². The maximum Gasteiger partial charge on any atom is 0.230 e. The zero-order chi connectivity index (χ0) is 14.8. The SMILES string of the molecule is CN1CCN(C(=O)C2CCCCC2CN)c2ccccc21. The number of hydrogen-bond donors (Lipinski definition) is 1. The third-order valence-corrected chi connectivity index (χ3v) is 5.04. The quantitative estimate of drug-likeness (QED) is 0.907. The molecule has 2 aliphatic rings. The number of rotatable bonds is 2. The van der Waals surface area contributed by atoms with Gasteiger partial charge >= 0.3 is 0 Å². The summed E-state index contributed by atoms with van der Waals surface area (Å²) in [5.41, 5.74) is 8.10. The van der Waals surface area contributed by atoms with Crippen molar-refractivity contribution in [1.82, 2.24) is 0 Å². The summed E-state index contributed by atoms with van der Waals surface area (Å²) in [6.07, 6.45) is 4.46. The molecule has 1 amide bonds. The summed E-state index contributed by atoms with van der Waals surface area (Å²) in [7, 11) is 2.09. The first-order chi connectivity index (χ1) is 10.2. The molecule has 1 heterocycles. The number of likely N-dealkylation sites (N-methyl/N-ethyl adjacent to an activating group) is 1. The molecular formula is C17H25N3O. The van der Waals surface area contributed by atoms with E-state index in [0.29, 0.717) is 12.5 Å². The summed E-state index contributed by atoms with van der Waals surface area (Å²) in [4.78, 5) is 17.3. The van der Waals surface area contributed by atoms with Crippen LogP contribution in [-0.2, 0) is 4.79 Å². The fourth-order valence-electron chi connectivity index (χ4n) is 3.75. The highest BCUT2D eigenvalue weighted by molar-refractivity contribution is 5.99.